The fraction of sp³-hybridized carbons (Fsp3) is 0.250. The molecule has 1 heterocycles. The zero-order valence-corrected chi connectivity index (χ0v) is 12.3. The third-order valence-corrected chi connectivity index (χ3v) is 3.02. The van der Waals surface area contributed by atoms with E-state index >= 15 is 0 Å². The van der Waals surface area contributed by atoms with Crippen LogP contribution >= 0.6 is 0 Å². The van der Waals surface area contributed by atoms with Crippen molar-refractivity contribution in [3.8, 4) is 17.0 Å². The van der Waals surface area contributed by atoms with Gasteiger partial charge in [0, 0.05) is 12.1 Å². The van der Waals surface area contributed by atoms with E-state index in [-0.39, 0.29) is 5.69 Å². The lowest BCUT2D eigenvalue weighted by Gasteiger charge is -2.11. The maximum atomic E-state index is 11.1. The normalized spacial score (nSPS) is 10.7. The molecule has 0 aliphatic carbocycles. The van der Waals surface area contributed by atoms with Gasteiger partial charge >= 0.3 is 5.97 Å². The average molecular weight is 286 g/mol. The van der Waals surface area contributed by atoms with Gasteiger partial charge in [0.15, 0.2) is 0 Å². The van der Waals surface area contributed by atoms with Gasteiger partial charge in [-0.25, -0.2) is 9.78 Å². The summed E-state index contributed by atoms with van der Waals surface area (Å²) < 4.78 is 5.27. The Balaban J connectivity index is 2.40. The molecule has 0 saturated carbocycles. The van der Waals surface area contributed by atoms with Crippen molar-refractivity contribution in [2.45, 2.75) is 6.54 Å². The van der Waals surface area contributed by atoms with Crippen molar-refractivity contribution >= 4 is 5.97 Å². The fourth-order valence-corrected chi connectivity index (χ4v) is 2.07. The molecule has 0 radical (unpaired) electrons. The van der Waals surface area contributed by atoms with Gasteiger partial charge in [-0.05, 0) is 31.8 Å². The van der Waals surface area contributed by atoms with E-state index in [1.54, 1.807) is 13.2 Å². The number of aromatic nitrogens is 1. The summed E-state index contributed by atoms with van der Waals surface area (Å²) in [6.45, 7) is 0.847. The number of hydrogen-bond donors (Lipinski definition) is 1. The van der Waals surface area contributed by atoms with Crippen LogP contribution in [0.3, 0.4) is 0 Å². The number of carbonyl (C=O) groups is 1. The maximum Gasteiger partial charge on any atom is 0.354 e. The summed E-state index contributed by atoms with van der Waals surface area (Å²) >= 11 is 0. The highest BCUT2D eigenvalue weighted by atomic mass is 16.5. The summed E-state index contributed by atoms with van der Waals surface area (Å²) in [5, 5.41) is 9.05. The molecule has 0 bridgehead atoms. The fourth-order valence-electron chi connectivity index (χ4n) is 2.07. The Bertz CT molecular complexity index is 636. The van der Waals surface area contributed by atoms with E-state index in [0.29, 0.717) is 11.4 Å². The monoisotopic (exact) mass is 286 g/mol. The number of hydrogen-bond acceptors (Lipinski definition) is 4. The minimum atomic E-state index is -1.05. The number of nitrogens with zero attached hydrogens (tertiary/aromatic N) is 2. The molecule has 0 aliphatic rings. The van der Waals surface area contributed by atoms with Crippen LogP contribution in [-0.2, 0) is 6.54 Å². The zero-order valence-electron chi connectivity index (χ0n) is 12.3. The molecule has 0 spiro atoms. The lowest BCUT2D eigenvalue weighted by Crippen LogP contribution is -2.10. The van der Waals surface area contributed by atoms with Crippen molar-refractivity contribution in [2.24, 2.45) is 0 Å². The molecular formula is C16H18N2O3. The number of pyridine rings is 1. The van der Waals surface area contributed by atoms with E-state index in [0.717, 1.165) is 12.1 Å². The van der Waals surface area contributed by atoms with Gasteiger partial charge in [-0.15, -0.1) is 0 Å². The Hall–Kier alpha value is -2.40. The molecule has 0 atom stereocenters. The van der Waals surface area contributed by atoms with Crippen LogP contribution in [0.5, 0.6) is 5.75 Å². The summed E-state index contributed by atoms with van der Waals surface area (Å²) in [5.74, 6) is -0.497. The molecule has 1 N–H and O–H groups in total. The molecule has 1 aromatic heterocycles. The molecule has 110 valence electrons. The number of ether oxygens (including phenoxy) is 1. The number of rotatable bonds is 5. The van der Waals surface area contributed by atoms with Crippen LogP contribution in [0.2, 0.25) is 0 Å². The van der Waals surface area contributed by atoms with Gasteiger partial charge < -0.3 is 14.7 Å². The molecular weight excluding hydrogens is 268 g/mol. The molecule has 1 aromatic carbocycles. The van der Waals surface area contributed by atoms with Crippen molar-refractivity contribution < 1.29 is 14.6 Å². The predicted octanol–water partition coefficient (Wildman–Crippen LogP) is 2.52. The summed E-state index contributed by atoms with van der Waals surface area (Å²) in [4.78, 5) is 17.3. The average Bonchev–Trinajstić information content (AvgIpc) is 2.46. The van der Waals surface area contributed by atoms with Gasteiger partial charge in [0.25, 0.3) is 0 Å². The van der Waals surface area contributed by atoms with Crippen LogP contribution in [0.25, 0.3) is 11.3 Å². The molecule has 0 saturated heterocycles. The summed E-state index contributed by atoms with van der Waals surface area (Å²) in [7, 11) is 5.56. The van der Waals surface area contributed by atoms with Crippen LogP contribution in [0.15, 0.2) is 36.4 Å². The Morgan fingerprint density at radius 2 is 1.86 bits per heavy atom. The molecule has 21 heavy (non-hydrogen) atoms. The molecule has 5 heteroatoms. The number of benzene rings is 1. The molecule has 5 nitrogen and oxygen atoms in total. The van der Waals surface area contributed by atoms with Crippen molar-refractivity contribution in [3.63, 3.8) is 0 Å². The molecule has 0 unspecified atom stereocenters. The minimum Gasteiger partial charge on any atom is -0.494 e. The van der Waals surface area contributed by atoms with Gasteiger partial charge in [0.2, 0.25) is 0 Å². The molecule has 0 aliphatic heterocycles. The first-order valence-electron chi connectivity index (χ1n) is 6.53. The van der Waals surface area contributed by atoms with Gasteiger partial charge in [0.1, 0.15) is 17.1 Å². The second kappa shape index (κ2) is 6.37. The highest BCUT2D eigenvalue weighted by molar-refractivity contribution is 5.86. The second-order valence-corrected chi connectivity index (χ2v) is 4.99. The van der Waals surface area contributed by atoms with E-state index in [1.807, 2.05) is 38.4 Å². The van der Waals surface area contributed by atoms with Gasteiger partial charge in [-0.2, -0.15) is 0 Å². The van der Waals surface area contributed by atoms with Crippen molar-refractivity contribution in [3.05, 3.63) is 47.7 Å². The van der Waals surface area contributed by atoms with E-state index in [4.69, 9.17) is 9.84 Å². The summed E-state index contributed by atoms with van der Waals surface area (Å²) in [6, 6.07) is 10.9. The minimum absolute atomic E-state index is 0.00293. The Morgan fingerprint density at radius 1 is 1.19 bits per heavy atom. The van der Waals surface area contributed by atoms with E-state index in [9.17, 15) is 4.79 Å². The SMILES string of the molecule is COc1ccc(C(=O)O)nc1-c1ccc(CN(C)C)cc1. The first-order chi connectivity index (χ1) is 10.0. The first-order valence-corrected chi connectivity index (χ1v) is 6.53. The van der Waals surface area contributed by atoms with Crippen LogP contribution in [-0.4, -0.2) is 42.2 Å². The number of carboxylic acids is 1. The number of methoxy groups -OCH3 is 1. The highest BCUT2D eigenvalue weighted by Crippen LogP contribution is 2.28. The molecule has 2 aromatic rings. The van der Waals surface area contributed by atoms with Crippen LogP contribution in [0.4, 0.5) is 0 Å². The van der Waals surface area contributed by atoms with Gasteiger partial charge in [-0.3, -0.25) is 0 Å². The molecule has 2 rings (SSSR count). The third-order valence-electron chi connectivity index (χ3n) is 3.02. The molecule has 0 fully saturated rings. The number of aromatic carboxylic acids is 1. The van der Waals surface area contributed by atoms with E-state index in [1.165, 1.54) is 11.6 Å². The second-order valence-electron chi connectivity index (χ2n) is 4.99. The van der Waals surface area contributed by atoms with Crippen molar-refractivity contribution in [1.29, 1.82) is 0 Å². The first kappa shape index (κ1) is 15.0. The largest absolute Gasteiger partial charge is 0.494 e. The summed E-state index contributed by atoms with van der Waals surface area (Å²) in [5.41, 5.74) is 2.55. The topological polar surface area (TPSA) is 62.7 Å². The Morgan fingerprint density at radius 3 is 2.38 bits per heavy atom. The van der Waals surface area contributed by atoms with Crippen LogP contribution < -0.4 is 4.74 Å². The van der Waals surface area contributed by atoms with Crippen molar-refractivity contribution in [2.75, 3.05) is 21.2 Å². The van der Waals surface area contributed by atoms with Crippen molar-refractivity contribution in [1.82, 2.24) is 9.88 Å². The maximum absolute atomic E-state index is 11.1. The standard InChI is InChI=1S/C16H18N2O3/c1-18(2)10-11-4-6-12(7-5-11)15-14(21-3)9-8-13(17-15)16(19)20/h4-9H,10H2,1-3H3,(H,19,20). The Kier molecular flexibility index (Phi) is 4.55. The quantitative estimate of drug-likeness (QED) is 0.915. The molecule has 0 amide bonds. The summed E-state index contributed by atoms with van der Waals surface area (Å²) in [6.07, 6.45) is 0. The van der Waals surface area contributed by atoms with Crippen LogP contribution in [0.1, 0.15) is 16.1 Å². The lowest BCUT2D eigenvalue weighted by atomic mass is 10.1. The zero-order chi connectivity index (χ0) is 15.4. The Labute approximate surface area is 123 Å². The third kappa shape index (κ3) is 3.58. The smallest absolute Gasteiger partial charge is 0.354 e. The lowest BCUT2D eigenvalue weighted by molar-refractivity contribution is 0.0690. The van der Waals surface area contributed by atoms with Gasteiger partial charge in [-0.1, -0.05) is 24.3 Å². The predicted molar refractivity (Wildman–Crippen MR) is 80.6 cm³/mol. The van der Waals surface area contributed by atoms with Gasteiger partial charge in [0.05, 0.1) is 7.11 Å². The highest BCUT2D eigenvalue weighted by Gasteiger charge is 2.12. The van der Waals surface area contributed by atoms with E-state index in [2.05, 4.69) is 9.88 Å². The van der Waals surface area contributed by atoms with E-state index < -0.39 is 5.97 Å². The van der Waals surface area contributed by atoms with Crippen LogP contribution in [0, 0.1) is 0 Å². The number of carboxylic acid groups (broad SMARTS) is 1.